The number of esters is 1. The van der Waals surface area contributed by atoms with Crippen LogP contribution in [0.25, 0.3) is 0 Å². The fourth-order valence-corrected chi connectivity index (χ4v) is 6.04. The number of hydrogen-bond donors (Lipinski definition) is 3. The predicted molar refractivity (Wildman–Crippen MR) is 169 cm³/mol. The summed E-state index contributed by atoms with van der Waals surface area (Å²) in [5.74, 6) is -2.61. The molecule has 0 atom stereocenters. The van der Waals surface area contributed by atoms with E-state index in [4.69, 9.17) is 26.8 Å². The number of benzene rings is 3. The molecule has 0 unspecified atom stereocenters. The Bertz CT molecular complexity index is 2330. The zero-order valence-electron chi connectivity index (χ0n) is 26.8. The van der Waals surface area contributed by atoms with E-state index in [9.17, 15) is 40.3 Å². The monoisotopic (exact) mass is 774 g/mol. The Hall–Kier alpha value is -3.47. The number of nitrogens with zero attached hydrogens (tertiary/aromatic N) is 3. The minimum absolute atomic E-state index is 0. The number of aromatic nitrogens is 3. The first-order valence-corrected chi connectivity index (χ1v) is 16.8. The fraction of sp³-hybridized carbons (Fsp3) is 0.103. The second-order valence-electron chi connectivity index (χ2n) is 10.1. The molecule has 5 rings (SSSR count). The largest absolute Gasteiger partial charge is 1.00 e. The second kappa shape index (κ2) is 16.5. The Morgan fingerprint density at radius 3 is 2.06 bits per heavy atom. The van der Waals surface area contributed by atoms with Gasteiger partial charge in [-0.2, -0.15) is 15.0 Å². The molecule has 0 spiro atoms. The summed E-state index contributed by atoms with van der Waals surface area (Å²) in [6, 6.07) is 9.11. The van der Waals surface area contributed by atoms with Crippen LogP contribution in [-0.2, 0) is 29.8 Å². The molecule has 1 aliphatic carbocycles. The molecule has 0 bridgehead atoms. The van der Waals surface area contributed by atoms with Crippen molar-refractivity contribution in [2.45, 2.75) is 16.7 Å². The molecule has 51 heavy (non-hydrogen) atoms. The fourth-order valence-electron chi connectivity index (χ4n) is 4.64. The number of rotatable bonds is 11. The third-order valence-corrected chi connectivity index (χ3v) is 8.67. The number of ketones is 2. The number of halogens is 1. The SMILES string of the molecule is C=C(C)C(=O)OCCOc1nc(Cl)nc(Nc2cc(Nc3cc(S(=O)(=O)[O-])c(N)c4c3C(=O)c3ccccc3C4=O)ccc2S(=O)(=O)[O-])n1.[Na+].[Na+]. The van der Waals surface area contributed by atoms with E-state index in [0.717, 1.165) is 24.3 Å². The summed E-state index contributed by atoms with van der Waals surface area (Å²) in [5.41, 5.74) is 3.58. The van der Waals surface area contributed by atoms with Gasteiger partial charge in [0.15, 0.2) is 11.6 Å². The average molecular weight is 775 g/mol. The van der Waals surface area contributed by atoms with E-state index in [1.54, 1.807) is 0 Å². The minimum atomic E-state index is -5.29. The number of nitrogens with one attached hydrogen (secondary N) is 2. The molecule has 4 N–H and O–H groups in total. The van der Waals surface area contributed by atoms with Crippen molar-refractivity contribution in [3.63, 3.8) is 0 Å². The van der Waals surface area contributed by atoms with Crippen LogP contribution in [0.3, 0.4) is 0 Å². The van der Waals surface area contributed by atoms with Gasteiger partial charge in [0.25, 0.3) is 0 Å². The van der Waals surface area contributed by atoms with Gasteiger partial charge in [0.05, 0.1) is 38.0 Å². The maximum absolute atomic E-state index is 13.6. The normalized spacial score (nSPS) is 12.0. The molecule has 0 aliphatic heterocycles. The summed E-state index contributed by atoms with van der Waals surface area (Å²) in [7, 11) is -10.4. The van der Waals surface area contributed by atoms with Crippen molar-refractivity contribution in [1.82, 2.24) is 15.0 Å². The van der Waals surface area contributed by atoms with E-state index in [1.807, 2.05) is 0 Å². The molecule has 0 amide bonds. The van der Waals surface area contributed by atoms with Crippen LogP contribution in [-0.4, -0.2) is 71.6 Å². The zero-order chi connectivity index (χ0) is 35.8. The van der Waals surface area contributed by atoms with E-state index in [1.165, 1.54) is 31.2 Å². The molecule has 22 heteroatoms. The molecule has 0 radical (unpaired) electrons. The Kier molecular flexibility index (Phi) is 13.5. The molecule has 4 aromatic rings. The first kappa shape index (κ1) is 41.9. The Balaban J connectivity index is 0.00000351. The molecular weight excluding hydrogens is 754 g/mol. The van der Waals surface area contributed by atoms with Crippen molar-refractivity contribution in [2.24, 2.45) is 0 Å². The first-order valence-electron chi connectivity index (χ1n) is 13.6. The third kappa shape index (κ3) is 9.31. The van der Waals surface area contributed by atoms with Gasteiger partial charge in [-0.15, -0.1) is 0 Å². The molecule has 0 saturated heterocycles. The molecule has 3 aromatic carbocycles. The number of nitrogens with two attached hydrogens (primary N) is 1. The van der Waals surface area contributed by atoms with Gasteiger partial charge in [0.1, 0.15) is 33.5 Å². The summed E-state index contributed by atoms with van der Waals surface area (Å²) in [5, 5.41) is 4.81. The van der Waals surface area contributed by atoms with Crippen LogP contribution < -0.4 is 80.2 Å². The second-order valence-corrected chi connectivity index (χ2v) is 13.2. The van der Waals surface area contributed by atoms with Crippen LogP contribution >= 0.6 is 11.6 Å². The van der Waals surface area contributed by atoms with E-state index in [2.05, 4.69) is 32.2 Å². The van der Waals surface area contributed by atoms with Gasteiger partial charge in [0, 0.05) is 22.4 Å². The molecular formula is C29H21ClN6Na2O11S2. The number of anilines is 5. The summed E-state index contributed by atoms with van der Waals surface area (Å²) in [6.07, 6.45) is 0. The van der Waals surface area contributed by atoms with Crippen LogP contribution in [0.2, 0.25) is 5.28 Å². The predicted octanol–water partition coefficient (Wildman–Crippen LogP) is -3.32. The Morgan fingerprint density at radius 1 is 0.863 bits per heavy atom. The van der Waals surface area contributed by atoms with Crippen LogP contribution in [0.15, 0.2) is 70.5 Å². The quantitative estimate of drug-likeness (QED) is 0.0296. The van der Waals surface area contributed by atoms with E-state index >= 15 is 0 Å². The minimum Gasteiger partial charge on any atom is -0.744 e. The van der Waals surface area contributed by atoms with Gasteiger partial charge >= 0.3 is 71.1 Å². The molecule has 1 aliphatic rings. The Labute approximate surface area is 339 Å². The standard InChI is InChI=1S/C29H23ClN6O11S2.2Na/c1-13(2)26(39)46-9-10-47-29-35-27(30)34-28(36-29)33-17-11-14(7-8-19(17)48(40,41)42)32-18-12-20(49(43,44)45)23(31)22-21(18)24(37)15-5-3-4-6-16(15)25(22)38;;/h3-8,11-12,32H,1,9-10,31H2,2H3,(H,40,41,42)(H,43,44,45)(H,33,34,35,36);;/q;2*+1/p-2. The van der Waals surface area contributed by atoms with Crippen LogP contribution in [0.1, 0.15) is 38.8 Å². The molecule has 17 nitrogen and oxygen atoms in total. The van der Waals surface area contributed by atoms with Gasteiger partial charge in [-0.25, -0.2) is 21.6 Å². The van der Waals surface area contributed by atoms with Gasteiger partial charge in [-0.1, -0.05) is 30.8 Å². The summed E-state index contributed by atoms with van der Waals surface area (Å²) in [4.78, 5) is 48.3. The van der Waals surface area contributed by atoms with Gasteiger partial charge in [-0.3, -0.25) is 9.59 Å². The number of fused-ring (bicyclic) bond motifs is 2. The number of carbonyl (C=O) groups excluding carboxylic acids is 3. The molecule has 0 fully saturated rings. The molecule has 254 valence electrons. The molecule has 1 heterocycles. The van der Waals surface area contributed by atoms with Crippen molar-refractivity contribution in [2.75, 3.05) is 29.6 Å². The Morgan fingerprint density at radius 2 is 1.47 bits per heavy atom. The average Bonchev–Trinajstić information content (AvgIpc) is 3.01. The van der Waals surface area contributed by atoms with E-state index in [0.29, 0.717) is 0 Å². The van der Waals surface area contributed by atoms with Crippen LogP contribution in [0.4, 0.5) is 28.7 Å². The summed E-state index contributed by atoms with van der Waals surface area (Å²) in [6.45, 7) is 4.46. The number of hydrogen-bond acceptors (Lipinski definition) is 17. The number of ether oxygens (including phenoxy) is 2. The summed E-state index contributed by atoms with van der Waals surface area (Å²) >= 11 is 5.97. The maximum atomic E-state index is 13.6. The van der Waals surface area contributed by atoms with Crippen molar-refractivity contribution in [3.8, 4) is 6.01 Å². The number of nitrogen functional groups attached to an aromatic ring is 1. The van der Waals surface area contributed by atoms with Crippen LogP contribution in [0.5, 0.6) is 6.01 Å². The maximum Gasteiger partial charge on any atom is 1.00 e. The van der Waals surface area contributed by atoms with E-state index < -0.39 is 75.7 Å². The number of carbonyl (C=O) groups is 3. The van der Waals surface area contributed by atoms with Crippen LogP contribution in [0, 0.1) is 0 Å². The zero-order valence-corrected chi connectivity index (χ0v) is 33.2. The van der Waals surface area contributed by atoms with Crippen molar-refractivity contribution >= 4 is 78.1 Å². The summed E-state index contributed by atoms with van der Waals surface area (Å²) < 4.78 is 83.1. The first-order chi connectivity index (χ1) is 23.0. The smallest absolute Gasteiger partial charge is 0.744 e. The molecule has 1 aromatic heterocycles. The third-order valence-electron chi connectivity index (χ3n) is 6.73. The van der Waals surface area contributed by atoms with Crippen molar-refractivity contribution < 1.29 is 109 Å². The molecule has 0 saturated carbocycles. The van der Waals surface area contributed by atoms with Gasteiger partial charge in [0.2, 0.25) is 11.2 Å². The topological polar surface area (TPSA) is 273 Å². The van der Waals surface area contributed by atoms with Crippen molar-refractivity contribution in [1.29, 1.82) is 0 Å². The van der Waals surface area contributed by atoms with Gasteiger partial charge in [-0.05, 0) is 42.8 Å². The van der Waals surface area contributed by atoms with E-state index in [-0.39, 0.29) is 112 Å². The van der Waals surface area contributed by atoms with Gasteiger partial charge < -0.3 is 34.9 Å². The van der Waals surface area contributed by atoms with Crippen molar-refractivity contribution in [3.05, 3.63) is 88.2 Å².